The van der Waals surface area contributed by atoms with Crippen LogP contribution in [-0.4, -0.2) is 4.98 Å². The van der Waals surface area contributed by atoms with Gasteiger partial charge < -0.3 is 5.73 Å². The number of anilines is 1. The topological polar surface area (TPSA) is 38.9 Å². The number of hydrogen-bond donors (Lipinski definition) is 1. The first-order valence-corrected chi connectivity index (χ1v) is 8.25. The monoisotopic (exact) mass is 272 g/mol. The van der Waals surface area contributed by atoms with Crippen molar-refractivity contribution in [3.8, 4) is 11.8 Å². The van der Waals surface area contributed by atoms with E-state index in [0.29, 0.717) is 5.92 Å². The Bertz CT molecular complexity index is 535. The van der Waals surface area contributed by atoms with Crippen molar-refractivity contribution in [2.75, 3.05) is 5.73 Å². The Morgan fingerprint density at radius 1 is 1.11 bits per heavy atom. The van der Waals surface area contributed by atoms with Crippen LogP contribution in [0.3, 0.4) is 0 Å². The lowest BCUT2D eigenvalue weighted by atomic mass is 9.51. The van der Waals surface area contributed by atoms with Gasteiger partial charge in [0.25, 0.3) is 0 Å². The van der Waals surface area contributed by atoms with Crippen LogP contribution in [0, 0.1) is 35.5 Å². The van der Waals surface area contributed by atoms with Crippen molar-refractivity contribution < 1.29 is 0 Å². The quantitative estimate of drug-likeness (QED) is 0.793. The van der Waals surface area contributed by atoms with Gasteiger partial charge in [-0.1, -0.05) is 17.3 Å². The van der Waals surface area contributed by atoms with E-state index in [4.69, 9.17) is 10.7 Å². The van der Waals surface area contributed by atoms with Gasteiger partial charge in [-0.2, -0.15) is 0 Å². The summed E-state index contributed by atoms with van der Waals surface area (Å²) in [6.45, 7) is 1.86. The molecule has 4 aliphatic carbocycles. The molecule has 3 heteroatoms. The maximum Gasteiger partial charge on any atom is 0.169 e. The number of aromatic nitrogens is 1. The van der Waals surface area contributed by atoms with Crippen molar-refractivity contribution in [2.24, 2.45) is 23.7 Å². The average molecular weight is 272 g/mol. The number of thiazole rings is 1. The van der Waals surface area contributed by atoms with Gasteiger partial charge in [0.15, 0.2) is 5.01 Å². The Balaban J connectivity index is 1.70. The lowest BCUT2D eigenvalue weighted by Crippen LogP contribution is -2.44. The lowest BCUT2D eigenvalue weighted by Gasteiger charge is -2.54. The second kappa shape index (κ2) is 4.24. The van der Waals surface area contributed by atoms with Gasteiger partial charge in [-0.25, -0.2) is 4.98 Å². The summed E-state index contributed by atoms with van der Waals surface area (Å²) in [7, 11) is 0. The molecule has 0 atom stereocenters. The van der Waals surface area contributed by atoms with Crippen LogP contribution in [0.15, 0.2) is 0 Å². The Morgan fingerprint density at radius 2 is 1.74 bits per heavy atom. The van der Waals surface area contributed by atoms with Gasteiger partial charge in [0.05, 0.1) is 5.69 Å². The summed E-state index contributed by atoms with van der Waals surface area (Å²) in [5, 5.41) is 1.83. The fourth-order valence-corrected chi connectivity index (χ4v) is 5.91. The maximum absolute atomic E-state index is 6.24. The number of nitrogen functional groups attached to an aromatic ring is 1. The molecule has 0 unspecified atom stereocenters. The van der Waals surface area contributed by atoms with Crippen molar-refractivity contribution in [2.45, 2.75) is 44.9 Å². The number of hydrogen-bond acceptors (Lipinski definition) is 3. The summed E-state index contributed by atoms with van der Waals surface area (Å²) in [4.78, 5) is 4.77. The van der Waals surface area contributed by atoms with Crippen LogP contribution in [0.4, 0.5) is 5.00 Å². The third-order valence-electron chi connectivity index (χ3n) is 5.46. The summed E-state index contributed by atoms with van der Waals surface area (Å²) in [5.74, 6) is 10.4. The third-order valence-corrected chi connectivity index (χ3v) is 6.27. The smallest absolute Gasteiger partial charge is 0.169 e. The zero-order valence-corrected chi connectivity index (χ0v) is 12.2. The Hall–Kier alpha value is -1.01. The van der Waals surface area contributed by atoms with Gasteiger partial charge in [0.1, 0.15) is 5.00 Å². The summed E-state index contributed by atoms with van der Waals surface area (Å²) < 4.78 is 0. The van der Waals surface area contributed by atoms with E-state index in [1.807, 2.05) is 6.92 Å². The third kappa shape index (κ3) is 1.80. The first-order chi connectivity index (χ1) is 9.24. The SMILES string of the molecule is CC#Cc1nc(C2C3CC4CC(C3)CC2C4)c(N)s1. The highest BCUT2D eigenvalue weighted by atomic mass is 32.1. The van der Waals surface area contributed by atoms with Crippen LogP contribution in [0.5, 0.6) is 0 Å². The van der Waals surface area contributed by atoms with Crippen LogP contribution in [0.25, 0.3) is 0 Å². The van der Waals surface area contributed by atoms with Gasteiger partial charge >= 0.3 is 0 Å². The molecule has 4 aliphatic rings. The highest BCUT2D eigenvalue weighted by molar-refractivity contribution is 7.16. The molecular weight excluding hydrogens is 252 g/mol. The van der Waals surface area contributed by atoms with E-state index in [1.54, 1.807) is 11.3 Å². The van der Waals surface area contributed by atoms with Crippen LogP contribution >= 0.6 is 11.3 Å². The molecule has 4 fully saturated rings. The summed E-state index contributed by atoms with van der Waals surface area (Å²) in [6.07, 6.45) is 7.18. The van der Waals surface area contributed by atoms with Crippen molar-refractivity contribution in [3.63, 3.8) is 0 Å². The molecule has 0 amide bonds. The van der Waals surface area contributed by atoms with Crippen LogP contribution in [-0.2, 0) is 0 Å². The minimum atomic E-state index is 0.636. The predicted molar refractivity (Wildman–Crippen MR) is 78.9 cm³/mol. The molecule has 4 bridgehead atoms. The number of nitrogens with zero attached hydrogens (tertiary/aromatic N) is 1. The summed E-state index contributed by atoms with van der Waals surface area (Å²) >= 11 is 1.58. The Labute approximate surface area is 118 Å². The van der Waals surface area contributed by atoms with E-state index in [-0.39, 0.29) is 0 Å². The molecule has 2 N–H and O–H groups in total. The second-order valence-electron chi connectivity index (χ2n) is 6.60. The van der Waals surface area contributed by atoms with Crippen molar-refractivity contribution in [3.05, 3.63) is 10.7 Å². The van der Waals surface area contributed by atoms with E-state index in [2.05, 4.69) is 11.8 Å². The zero-order valence-electron chi connectivity index (χ0n) is 11.4. The molecule has 0 saturated heterocycles. The highest BCUT2D eigenvalue weighted by Crippen LogP contribution is 2.60. The number of nitrogens with two attached hydrogens (primary N) is 1. The fourth-order valence-electron chi connectivity index (χ4n) is 5.11. The van der Waals surface area contributed by atoms with E-state index in [0.717, 1.165) is 33.7 Å². The molecule has 1 aromatic rings. The van der Waals surface area contributed by atoms with Gasteiger partial charge in [-0.05, 0) is 68.6 Å². The van der Waals surface area contributed by atoms with Crippen LogP contribution in [0.2, 0.25) is 0 Å². The Kier molecular flexibility index (Phi) is 2.63. The molecular formula is C16H20N2S. The predicted octanol–water partition coefficient (Wildman–Crippen LogP) is 3.64. The maximum atomic E-state index is 6.24. The van der Waals surface area contributed by atoms with Gasteiger partial charge in [-0.15, -0.1) is 0 Å². The van der Waals surface area contributed by atoms with Crippen LogP contribution < -0.4 is 5.73 Å². The largest absolute Gasteiger partial charge is 0.389 e. The minimum absolute atomic E-state index is 0.636. The molecule has 19 heavy (non-hydrogen) atoms. The summed E-state index contributed by atoms with van der Waals surface area (Å²) in [5.41, 5.74) is 7.43. The Morgan fingerprint density at radius 3 is 2.32 bits per heavy atom. The van der Waals surface area contributed by atoms with Crippen molar-refractivity contribution in [1.82, 2.24) is 4.98 Å². The molecule has 4 saturated carbocycles. The fraction of sp³-hybridized carbons (Fsp3) is 0.688. The van der Waals surface area contributed by atoms with E-state index < -0.39 is 0 Å². The zero-order chi connectivity index (χ0) is 13.0. The first kappa shape index (κ1) is 11.8. The first-order valence-electron chi connectivity index (χ1n) is 7.43. The molecule has 2 nitrogen and oxygen atoms in total. The molecule has 0 spiro atoms. The average Bonchev–Trinajstić information content (AvgIpc) is 2.69. The van der Waals surface area contributed by atoms with Crippen molar-refractivity contribution in [1.29, 1.82) is 0 Å². The molecule has 0 aromatic carbocycles. The van der Waals surface area contributed by atoms with Gasteiger partial charge in [-0.3, -0.25) is 0 Å². The normalized spacial score (nSPS) is 39.1. The van der Waals surface area contributed by atoms with E-state index in [9.17, 15) is 0 Å². The van der Waals surface area contributed by atoms with Gasteiger partial charge in [0, 0.05) is 5.92 Å². The minimum Gasteiger partial charge on any atom is -0.389 e. The van der Waals surface area contributed by atoms with E-state index >= 15 is 0 Å². The lowest BCUT2D eigenvalue weighted by molar-refractivity contribution is -0.00374. The van der Waals surface area contributed by atoms with Crippen LogP contribution in [0.1, 0.15) is 55.6 Å². The molecule has 1 aromatic heterocycles. The van der Waals surface area contributed by atoms with E-state index in [1.165, 1.54) is 37.8 Å². The highest BCUT2D eigenvalue weighted by Gasteiger charge is 2.49. The standard InChI is InChI=1S/C16H20N2S/c1-2-3-13-18-15(16(17)19-13)14-11-5-9-4-10(7-11)8-12(14)6-9/h9-12,14H,4-8,17H2,1H3. The molecule has 1 heterocycles. The van der Waals surface area contributed by atoms with Gasteiger partial charge in [0.2, 0.25) is 0 Å². The van der Waals surface area contributed by atoms with Crippen molar-refractivity contribution >= 4 is 16.3 Å². The molecule has 5 rings (SSSR count). The second-order valence-corrected chi connectivity index (χ2v) is 7.63. The summed E-state index contributed by atoms with van der Waals surface area (Å²) in [6, 6.07) is 0. The molecule has 0 radical (unpaired) electrons. The number of rotatable bonds is 1. The molecule has 0 aliphatic heterocycles. The molecule has 100 valence electrons.